The standard InChI is InChI=1S/C11H11NO7S/c12-10(14)11(15)19-9-4-2-1-3-7(9)8(13)5-6-20(16,17)18/h1-4H,5-6H2,(H2,12,14)(H,16,17,18). The molecule has 0 saturated carbocycles. The number of carbonyl (C=O) groups excluding carboxylic acids is 3. The van der Waals surface area contributed by atoms with Crippen LogP contribution in [0.3, 0.4) is 0 Å². The van der Waals surface area contributed by atoms with E-state index < -0.39 is 40.0 Å². The van der Waals surface area contributed by atoms with Gasteiger partial charge in [0.15, 0.2) is 5.78 Å². The van der Waals surface area contributed by atoms with Crippen LogP contribution < -0.4 is 10.5 Å². The average molecular weight is 301 g/mol. The molecule has 0 aliphatic heterocycles. The highest BCUT2D eigenvalue weighted by molar-refractivity contribution is 7.85. The number of rotatable bonds is 5. The number of amides is 1. The first-order valence-electron chi connectivity index (χ1n) is 5.29. The number of hydrogen-bond acceptors (Lipinski definition) is 6. The van der Waals surface area contributed by atoms with Crippen LogP contribution in [-0.2, 0) is 19.7 Å². The fourth-order valence-corrected chi connectivity index (χ4v) is 1.74. The Morgan fingerprint density at radius 1 is 1.20 bits per heavy atom. The van der Waals surface area contributed by atoms with Gasteiger partial charge in [0.1, 0.15) is 5.75 Å². The number of benzene rings is 1. The molecule has 0 aliphatic rings. The summed E-state index contributed by atoms with van der Waals surface area (Å²) < 4.78 is 34.3. The van der Waals surface area contributed by atoms with E-state index in [-0.39, 0.29) is 11.3 Å². The molecule has 8 nitrogen and oxygen atoms in total. The van der Waals surface area contributed by atoms with Gasteiger partial charge in [0.2, 0.25) is 0 Å². The minimum atomic E-state index is -4.28. The predicted octanol–water partition coefficient (Wildman–Crippen LogP) is -0.462. The topological polar surface area (TPSA) is 141 Å². The lowest BCUT2D eigenvalue weighted by molar-refractivity contribution is -0.146. The second kappa shape index (κ2) is 6.26. The third-order valence-electron chi connectivity index (χ3n) is 2.18. The molecule has 0 fully saturated rings. The molecule has 9 heteroatoms. The summed E-state index contributed by atoms with van der Waals surface area (Å²) in [7, 11) is -4.28. The molecule has 1 aromatic rings. The Balaban J connectivity index is 2.92. The van der Waals surface area contributed by atoms with E-state index >= 15 is 0 Å². The second-order valence-corrected chi connectivity index (χ2v) is 5.28. The van der Waals surface area contributed by atoms with Gasteiger partial charge in [-0.25, -0.2) is 4.79 Å². The van der Waals surface area contributed by atoms with Crippen LogP contribution in [0, 0.1) is 0 Å². The van der Waals surface area contributed by atoms with Crippen LogP contribution in [0.25, 0.3) is 0 Å². The van der Waals surface area contributed by atoms with Crippen LogP contribution in [0.2, 0.25) is 0 Å². The normalized spacial score (nSPS) is 10.8. The molecule has 0 saturated heterocycles. The monoisotopic (exact) mass is 301 g/mol. The van der Waals surface area contributed by atoms with Gasteiger partial charge in [0, 0.05) is 6.42 Å². The second-order valence-electron chi connectivity index (χ2n) is 3.71. The predicted molar refractivity (Wildman–Crippen MR) is 66.6 cm³/mol. The van der Waals surface area contributed by atoms with E-state index in [0.29, 0.717) is 0 Å². The molecule has 108 valence electrons. The first-order valence-corrected chi connectivity index (χ1v) is 6.90. The number of ketones is 1. The fourth-order valence-electron chi connectivity index (χ4n) is 1.29. The van der Waals surface area contributed by atoms with E-state index in [0.717, 1.165) is 0 Å². The first kappa shape index (κ1) is 15.8. The Kier molecular flexibility index (Phi) is 4.94. The minimum Gasteiger partial charge on any atom is -0.419 e. The highest BCUT2D eigenvalue weighted by atomic mass is 32.2. The zero-order valence-corrected chi connectivity index (χ0v) is 10.9. The van der Waals surface area contributed by atoms with E-state index in [1.807, 2.05) is 0 Å². The van der Waals surface area contributed by atoms with Gasteiger partial charge in [0.05, 0.1) is 11.3 Å². The molecule has 20 heavy (non-hydrogen) atoms. The van der Waals surface area contributed by atoms with Crippen LogP contribution in [0.1, 0.15) is 16.8 Å². The molecule has 0 heterocycles. The third kappa shape index (κ3) is 4.78. The Hall–Kier alpha value is -2.26. The quantitative estimate of drug-likeness (QED) is 0.246. The molecule has 0 radical (unpaired) electrons. The largest absolute Gasteiger partial charge is 0.419 e. The van der Waals surface area contributed by atoms with Crippen molar-refractivity contribution in [1.29, 1.82) is 0 Å². The average Bonchev–Trinajstić information content (AvgIpc) is 2.35. The molecule has 0 spiro atoms. The van der Waals surface area contributed by atoms with Crippen molar-refractivity contribution in [1.82, 2.24) is 0 Å². The van der Waals surface area contributed by atoms with Crippen molar-refractivity contribution in [3.8, 4) is 5.75 Å². The molecule has 1 amide bonds. The maximum Gasteiger partial charge on any atom is 0.401 e. The Bertz CT molecular complexity index is 650. The molecule has 0 unspecified atom stereocenters. The van der Waals surface area contributed by atoms with E-state index in [9.17, 15) is 22.8 Å². The summed E-state index contributed by atoms with van der Waals surface area (Å²) in [6.07, 6.45) is -0.496. The molecule has 1 aromatic carbocycles. The van der Waals surface area contributed by atoms with Gasteiger partial charge in [-0.2, -0.15) is 8.42 Å². The molecule has 1 rings (SSSR count). The van der Waals surface area contributed by atoms with Crippen LogP contribution in [0.15, 0.2) is 24.3 Å². The summed E-state index contributed by atoms with van der Waals surface area (Å²) in [5.74, 6) is -4.32. The molecule has 0 aliphatic carbocycles. The summed E-state index contributed by atoms with van der Waals surface area (Å²) in [6, 6.07) is 5.45. The van der Waals surface area contributed by atoms with E-state index in [4.69, 9.17) is 10.3 Å². The molecule has 0 atom stereocenters. The van der Waals surface area contributed by atoms with Crippen molar-refractivity contribution in [2.75, 3.05) is 5.75 Å². The van der Waals surface area contributed by atoms with Crippen LogP contribution >= 0.6 is 0 Å². The van der Waals surface area contributed by atoms with Crippen molar-refractivity contribution in [2.45, 2.75) is 6.42 Å². The number of hydrogen-bond donors (Lipinski definition) is 2. The van der Waals surface area contributed by atoms with Crippen LogP contribution in [-0.4, -0.2) is 36.4 Å². The molecular weight excluding hydrogens is 290 g/mol. The molecular formula is C11H11NO7S. The Labute approximate surface area is 114 Å². The van der Waals surface area contributed by atoms with E-state index in [1.54, 1.807) is 0 Å². The summed E-state index contributed by atoms with van der Waals surface area (Å²) in [5, 5.41) is 0. The lowest BCUT2D eigenvalue weighted by atomic mass is 10.1. The smallest absolute Gasteiger partial charge is 0.401 e. The third-order valence-corrected chi connectivity index (χ3v) is 2.90. The Morgan fingerprint density at radius 3 is 2.35 bits per heavy atom. The van der Waals surface area contributed by atoms with E-state index in [1.165, 1.54) is 24.3 Å². The highest BCUT2D eigenvalue weighted by Crippen LogP contribution is 2.20. The van der Waals surface area contributed by atoms with Gasteiger partial charge in [0.25, 0.3) is 10.1 Å². The molecule has 0 bridgehead atoms. The number of primary amides is 1. The number of para-hydroxylation sites is 1. The maximum absolute atomic E-state index is 11.8. The van der Waals surface area contributed by atoms with Gasteiger partial charge in [-0.1, -0.05) is 12.1 Å². The molecule has 0 aromatic heterocycles. The van der Waals surface area contributed by atoms with Gasteiger partial charge in [-0.3, -0.25) is 14.1 Å². The lowest BCUT2D eigenvalue weighted by Gasteiger charge is -2.07. The first-order chi connectivity index (χ1) is 9.20. The number of nitrogens with two attached hydrogens (primary N) is 1. The van der Waals surface area contributed by atoms with Crippen molar-refractivity contribution in [2.24, 2.45) is 5.73 Å². The number of esters is 1. The molecule has 3 N–H and O–H groups in total. The van der Waals surface area contributed by atoms with Crippen molar-refractivity contribution >= 4 is 27.8 Å². The maximum atomic E-state index is 11.8. The summed E-state index contributed by atoms with van der Waals surface area (Å²) in [5.41, 5.74) is 4.62. The summed E-state index contributed by atoms with van der Waals surface area (Å²) >= 11 is 0. The van der Waals surface area contributed by atoms with Gasteiger partial charge >= 0.3 is 11.9 Å². The summed E-state index contributed by atoms with van der Waals surface area (Å²) in [4.78, 5) is 33.4. The van der Waals surface area contributed by atoms with Crippen molar-refractivity contribution in [3.63, 3.8) is 0 Å². The number of ether oxygens (including phenoxy) is 1. The summed E-state index contributed by atoms with van der Waals surface area (Å²) in [6.45, 7) is 0. The van der Waals surface area contributed by atoms with Gasteiger partial charge < -0.3 is 10.5 Å². The highest BCUT2D eigenvalue weighted by Gasteiger charge is 2.19. The lowest BCUT2D eigenvalue weighted by Crippen LogP contribution is -2.28. The zero-order chi connectivity index (χ0) is 15.3. The van der Waals surface area contributed by atoms with Crippen LogP contribution in [0.4, 0.5) is 0 Å². The van der Waals surface area contributed by atoms with E-state index in [2.05, 4.69) is 4.74 Å². The number of Topliss-reactive ketones (excluding diaryl/α,β-unsaturated/α-hetero) is 1. The van der Waals surface area contributed by atoms with Gasteiger partial charge in [-0.05, 0) is 12.1 Å². The van der Waals surface area contributed by atoms with Gasteiger partial charge in [-0.15, -0.1) is 0 Å². The minimum absolute atomic E-state index is 0.0919. The number of carbonyl (C=O) groups is 3. The fraction of sp³-hybridized carbons (Fsp3) is 0.182. The van der Waals surface area contributed by atoms with Crippen molar-refractivity contribution in [3.05, 3.63) is 29.8 Å². The SMILES string of the molecule is NC(=O)C(=O)Oc1ccccc1C(=O)CCS(=O)(=O)O. The zero-order valence-electron chi connectivity index (χ0n) is 10.1. The van der Waals surface area contributed by atoms with Crippen LogP contribution in [0.5, 0.6) is 5.75 Å². The van der Waals surface area contributed by atoms with Crippen molar-refractivity contribution < 1.29 is 32.1 Å². The Morgan fingerprint density at radius 2 is 1.80 bits per heavy atom.